The Morgan fingerprint density at radius 2 is 0.539 bits per heavy atom. The normalized spacial score (nSPS) is 12.5. The van der Waals surface area contributed by atoms with Gasteiger partial charge in [0.1, 0.15) is 13.2 Å². The van der Waals surface area contributed by atoms with E-state index in [0.717, 1.165) is 96.3 Å². The SMILES string of the molecule is CC/C=C\C/C=C\C/C=C\C/C=C\CCCCCCCCCCCCCCC(=O)OCC(COC(=O)CCCCCCC/C=C\CCC)OC(=O)CCCCCCCCCCCCC/C=C\CCCCCCCCCC. The molecule has 0 aliphatic carbocycles. The van der Waals surface area contributed by atoms with Gasteiger partial charge in [-0.2, -0.15) is 0 Å². The second-order valence-corrected chi connectivity index (χ2v) is 22.0. The highest BCUT2D eigenvalue weighted by Crippen LogP contribution is 2.17. The van der Waals surface area contributed by atoms with E-state index in [-0.39, 0.29) is 31.1 Å². The molecule has 0 fully saturated rings. The number of hydrogen-bond acceptors (Lipinski definition) is 6. The summed E-state index contributed by atoms with van der Waals surface area (Å²) in [5, 5.41) is 0. The van der Waals surface area contributed by atoms with Crippen molar-refractivity contribution < 1.29 is 28.6 Å². The molecule has 1 atom stereocenters. The van der Waals surface area contributed by atoms with Crippen LogP contribution in [0.15, 0.2) is 72.9 Å². The van der Waals surface area contributed by atoms with Crippen molar-refractivity contribution in [2.24, 2.45) is 0 Å². The third-order valence-electron chi connectivity index (χ3n) is 14.4. The number of esters is 3. The summed E-state index contributed by atoms with van der Waals surface area (Å²) >= 11 is 0. The van der Waals surface area contributed by atoms with Crippen LogP contribution in [0.1, 0.15) is 335 Å². The fraction of sp³-hybridized carbons (Fsp3) is 0.786. The minimum atomic E-state index is -0.779. The molecule has 0 aromatic rings. The molecule has 0 N–H and O–H groups in total. The number of allylic oxidation sites excluding steroid dienone is 12. The summed E-state index contributed by atoms with van der Waals surface area (Å²) in [5.74, 6) is -0.876. The van der Waals surface area contributed by atoms with Gasteiger partial charge in [0, 0.05) is 19.3 Å². The summed E-state index contributed by atoms with van der Waals surface area (Å²) in [6, 6.07) is 0. The van der Waals surface area contributed by atoms with Crippen molar-refractivity contribution in [2.45, 2.75) is 341 Å². The molecule has 0 aliphatic heterocycles. The smallest absolute Gasteiger partial charge is 0.306 e. The number of hydrogen-bond donors (Lipinski definition) is 0. The molecule has 0 aromatic carbocycles. The van der Waals surface area contributed by atoms with Crippen LogP contribution in [0.2, 0.25) is 0 Å². The van der Waals surface area contributed by atoms with E-state index in [2.05, 4.69) is 93.7 Å². The van der Waals surface area contributed by atoms with Crippen molar-refractivity contribution in [3.63, 3.8) is 0 Å². The number of ether oxygens (including phenoxy) is 3. The lowest BCUT2D eigenvalue weighted by molar-refractivity contribution is -0.167. The molecule has 0 heterocycles. The molecule has 0 saturated heterocycles. The zero-order valence-corrected chi connectivity index (χ0v) is 50.5. The molecule has 0 aromatic heterocycles. The van der Waals surface area contributed by atoms with Crippen molar-refractivity contribution in [2.75, 3.05) is 13.2 Å². The van der Waals surface area contributed by atoms with E-state index in [1.807, 2.05) is 0 Å². The van der Waals surface area contributed by atoms with Gasteiger partial charge in [-0.3, -0.25) is 14.4 Å². The van der Waals surface area contributed by atoms with E-state index in [1.54, 1.807) is 0 Å². The van der Waals surface area contributed by atoms with Crippen molar-refractivity contribution in [1.82, 2.24) is 0 Å². The van der Waals surface area contributed by atoms with Crippen LogP contribution in [-0.4, -0.2) is 37.2 Å². The summed E-state index contributed by atoms with van der Waals surface area (Å²) in [7, 11) is 0. The minimum absolute atomic E-state index is 0.0771. The molecule has 0 bridgehead atoms. The number of carbonyl (C=O) groups is 3. The number of unbranched alkanes of at least 4 members (excludes halogenated alkanes) is 37. The van der Waals surface area contributed by atoms with Gasteiger partial charge in [0.15, 0.2) is 6.10 Å². The van der Waals surface area contributed by atoms with Crippen LogP contribution in [0.25, 0.3) is 0 Å². The Morgan fingerprint density at radius 1 is 0.276 bits per heavy atom. The average molecular weight is 1060 g/mol. The molecule has 0 amide bonds. The fourth-order valence-corrected chi connectivity index (χ4v) is 9.49. The third kappa shape index (κ3) is 61.7. The predicted molar refractivity (Wildman–Crippen MR) is 330 cm³/mol. The van der Waals surface area contributed by atoms with Crippen LogP contribution in [0.5, 0.6) is 0 Å². The highest BCUT2D eigenvalue weighted by Gasteiger charge is 2.19. The summed E-state index contributed by atoms with van der Waals surface area (Å²) in [6.07, 6.45) is 83.5. The van der Waals surface area contributed by atoms with Gasteiger partial charge in [0.2, 0.25) is 0 Å². The topological polar surface area (TPSA) is 78.9 Å². The zero-order chi connectivity index (χ0) is 55.0. The van der Waals surface area contributed by atoms with Crippen LogP contribution in [0.4, 0.5) is 0 Å². The van der Waals surface area contributed by atoms with Gasteiger partial charge >= 0.3 is 17.9 Å². The van der Waals surface area contributed by atoms with Crippen LogP contribution in [-0.2, 0) is 28.6 Å². The first-order valence-corrected chi connectivity index (χ1v) is 32.9. The standard InChI is InChI=1S/C70H124O6/c1-4-7-10-13-16-19-22-24-26-28-30-32-34-35-37-38-40-42-44-46-48-51-54-57-60-63-69(72)75-66-67(65-74-68(71)62-59-56-53-50-21-18-15-12-9-6-3)76-70(73)64-61-58-55-52-49-47-45-43-41-39-36-33-31-29-27-25-23-20-17-14-11-8-5-2/h7,10,12,15-16,19,24,26,29-32,67H,4-6,8-9,11,13-14,17-18,20-23,25,27-28,33-66H2,1-3H3/b10-7-,15-12-,19-16-,26-24-,31-29-,32-30-. The molecular formula is C70H124O6. The van der Waals surface area contributed by atoms with Crippen molar-refractivity contribution in [3.05, 3.63) is 72.9 Å². The highest BCUT2D eigenvalue weighted by atomic mass is 16.6. The Kier molecular flexibility index (Phi) is 61.7. The first-order chi connectivity index (χ1) is 37.5. The van der Waals surface area contributed by atoms with E-state index in [1.165, 1.54) is 199 Å². The quantitative estimate of drug-likeness (QED) is 0.0261. The minimum Gasteiger partial charge on any atom is -0.462 e. The lowest BCUT2D eigenvalue weighted by atomic mass is 10.0. The molecule has 6 nitrogen and oxygen atoms in total. The Labute approximate surface area is 472 Å². The lowest BCUT2D eigenvalue weighted by Gasteiger charge is -2.18. The van der Waals surface area contributed by atoms with Gasteiger partial charge < -0.3 is 14.2 Å². The Morgan fingerprint density at radius 3 is 0.868 bits per heavy atom. The van der Waals surface area contributed by atoms with Crippen molar-refractivity contribution in [3.8, 4) is 0 Å². The maximum Gasteiger partial charge on any atom is 0.306 e. The number of rotatable bonds is 60. The van der Waals surface area contributed by atoms with Crippen LogP contribution in [0.3, 0.4) is 0 Å². The van der Waals surface area contributed by atoms with Crippen LogP contribution >= 0.6 is 0 Å². The summed E-state index contributed by atoms with van der Waals surface area (Å²) in [5.41, 5.74) is 0. The molecule has 6 heteroatoms. The monoisotopic (exact) mass is 1060 g/mol. The first kappa shape index (κ1) is 72.8. The van der Waals surface area contributed by atoms with Gasteiger partial charge in [0.25, 0.3) is 0 Å². The van der Waals surface area contributed by atoms with Gasteiger partial charge in [-0.15, -0.1) is 0 Å². The largest absolute Gasteiger partial charge is 0.462 e. The second-order valence-electron chi connectivity index (χ2n) is 22.0. The van der Waals surface area contributed by atoms with Gasteiger partial charge in [-0.25, -0.2) is 0 Å². The summed E-state index contributed by atoms with van der Waals surface area (Å²) in [6.45, 7) is 6.50. The van der Waals surface area contributed by atoms with Crippen molar-refractivity contribution in [1.29, 1.82) is 0 Å². The third-order valence-corrected chi connectivity index (χ3v) is 14.4. The van der Waals surface area contributed by atoms with E-state index >= 15 is 0 Å². The summed E-state index contributed by atoms with van der Waals surface area (Å²) in [4.78, 5) is 38.3. The first-order valence-electron chi connectivity index (χ1n) is 32.9. The Bertz CT molecular complexity index is 1400. The zero-order valence-electron chi connectivity index (χ0n) is 50.5. The molecule has 0 spiro atoms. The van der Waals surface area contributed by atoms with Crippen LogP contribution < -0.4 is 0 Å². The Balaban J connectivity index is 4.21. The van der Waals surface area contributed by atoms with E-state index in [4.69, 9.17) is 14.2 Å². The molecular weight excluding hydrogens is 937 g/mol. The maximum absolute atomic E-state index is 12.9. The van der Waals surface area contributed by atoms with Gasteiger partial charge in [0.05, 0.1) is 0 Å². The van der Waals surface area contributed by atoms with Crippen LogP contribution in [0, 0.1) is 0 Å². The number of carbonyl (C=O) groups excluding carboxylic acids is 3. The van der Waals surface area contributed by atoms with E-state index in [0.29, 0.717) is 19.3 Å². The second kappa shape index (κ2) is 64.4. The molecule has 0 rings (SSSR count). The van der Waals surface area contributed by atoms with Crippen molar-refractivity contribution >= 4 is 17.9 Å². The van der Waals surface area contributed by atoms with E-state index in [9.17, 15) is 14.4 Å². The molecule has 0 saturated carbocycles. The fourth-order valence-electron chi connectivity index (χ4n) is 9.49. The molecule has 76 heavy (non-hydrogen) atoms. The predicted octanol–water partition coefficient (Wildman–Crippen LogP) is 22.5. The Hall–Kier alpha value is -3.15. The summed E-state index contributed by atoms with van der Waals surface area (Å²) < 4.78 is 16.9. The highest BCUT2D eigenvalue weighted by molar-refractivity contribution is 5.71. The average Bonchev–Trinajstić information content (AvgIpc) is 3.42. The molecule has 1 unspecified atom stereocenters. The molecule has 440 valence electrons. The molecule has 0 radical (unpaired) electrons. The molecule has 0 aliphatic rings. The van der Waals surface area contributed by atoms with Gasteiger partial charge in [-0.05, 0) is 103 Å². The van der Waals surface area contributed by atoms with Gasteiger partial charge in [-0.1, -0.05) is 286 Å². The lowest BCUT2D eigenvalue weighted by Crippen LogP contribution is -2.30. The maximum atomic E-state index is 12.9. The van der Waals surface area contributed by atoms with E-state index < -0.39 is 6.10 Å².